The molecule has 0 spiro atoms. The largest absolute Gasteiger partial charge is 0.353 e. The fraction of sp³-hybridized carbons (Fsp3) is 0.429. The number of hydrogen-bond acceptors (Lipinski definition) is 6. The lowest BCUT2D eigenvalue weighted by atomic mass is 10.6. The van der Waals surface area contributed by atoms with Gasteiger partial charge < -0.3 is 5.32 Å². The van der Waals surface area contributed by atoms with Crippen LogP contribution in [0.15, 0.2) is 6.33 Å². The predicted octanol–water partition coefficient (Wildman–Crippen LogP) is 0.587. The van der Waals surface area contributed by atoms with Crippen LogP contribution in [-0.2, 0) is 13.6 Å². The summed E-state index contributed by atoms with van der Waals surface area (Å²) in [5.74, 6) is 1.66. The van der Waals surface area contributed by atoms with E-state index in [0.717, 1.165) is 16.8 Å². The van der Waals surface area contributed by atoms with Gasteiger partial charge in [-0.05, 0) is 6.92 Å². The average Bonchev–Trinajstić information content (AvgIpc) is 2.72. The van der Waals surface area contributed by atoms with Crippen molar-refractivity contribution < 1.29 is 0 Å². The first-order valence-electron chi connectivity index (χ1n) is 4.13. The number of nitrogens with zero attached hydrogens (tertiary/aromatic N) is 5. The molecule has 0 bridgehead atoms. The van der Waals surface area contributed by atoms with Crippen molar-refractivity contribution in [2.75, 3.05) is 5.32 Å². The highest BCUT2D eigenvalue weighted by molar-refractivity contribution is 7.09. The van der Waals surface area contributed by atoms with Gasteiger partial charge in [-0.25, -0.2) is 9.97 Å². The summed E-state index contributed by atoms with van der Waals surface area (Å²) < 4.78 is 5.79. The molecule has 2 aromatic heterocycles. The highest BCUT2D eigenvalue weighted by Gasteiger charge is 2.02. The molecule has 74 valence electrons. The maximum atomic E-state index is 4.18. The molecule has 0 aliphatic carbocycles. The zero-order valence-corrected chi connectivity index (χ0v) is 8.75. The molecular formula is C7H10N6S. The Morgan fingerprint density at radius 1 is 1.57 bits per heavy atom. The summed E-state index contributed by atoms with van der Waals surface area (Å²) >= 11 is 1.35. The van der Waals surface area contributed by atoms with E-state index in [0.29, 0.717) is 6.54 Å². The molecule has 0 fully saturated rings. The third kappa shape index (κ3) is 1.87. The second-order valence-electron chi connectivity index (χ2n) is 2.80. The SMILES string of the molecule is Cc1nsc(NCc2ncnn2C)n1. The van der Waals surface area contributed by atoms with Crippen molar-refractivity contribution in [3.05, 3.63) is 18.0 Å². The minimum atomic E-state index is 0.616. The molecule has 0 aromatic carbocycles. The van der Waals surface area contributed by atoms with Crippen molar-refractivity contribution >= 4 is 16.7 Å². The monoisotopic (exact) mass is 210 g/mol. The van der Waals surface area contributed by atoms with Crippen molar-refractivity contribution in [1.29, 1.82) is 0 Å². The van der Waals surface area contributed by atoms with Crippen LogP contribution in [0.3, 0.4) is 0 Å². The summed E-state index contributed by atoms with van der Waals surface area (Å²) in [7, 11) is 1.86. The molecule has 2 aromatic rings. The van der Waals surface area contributed by atoms with E-state index in [1.54, 1.807) is 4.68 Å². The summed E-state index contributed by atoms with van der Waals surface area (Å²) in [5, 5.41) is 7.91. The van der Waals surface area contributed by atoms with Crippen molar-refractivity contribution in [3.8, 4) is 0 Å². The van der Waals surface area contributed by atoms with Crippen LogP contribution in [0.25, 0.3) is 0 Å². The van der Waals surface area contributed by atoms with E-state index >= 15 is 0 Å². The second-order valence-corrected chi connectivity index (χ2v) is 3.55. The van der Waals surface area contributed by atoms with Gasteiger partial charge in [0.05, 0.1) is 6.54 Å². The van der Waals surface area contributed by atoms with Crippen LogP contribution in [0.1, 0.15) is 11.6 Å². The van der Waals surface area contributed by atoms with E-state index < -0.39 is 0 Å². The maximum absolute atomic E-state index is 4.18. The van der Waals surface area contributed by atoms with Crippen LogP contribution in [0.4, 0.5) is 5.13 Å². The Hall–Kier alpha value is -1.50. The summed E-state index contributed by atoms with van der Waals surface area (Å²) in [6, 6.07) is 0. The molecule has 1 N–H and O–H groups in total. The number of hydrogen-bond donors (Lipinski definition) is 1. The Bertz CT molecular complexity index is 419. The van der Waals surface area contributed by atoms with Crippen LogP contribution in [-0.4, -0.2) is 24.1 Å². The van der Waals surface area contributed by atoms with Crippen molar-refractivity contribution in [1.82, 2.24) is 24.1 Å². The van der Waals surface area contributed by atoms with Crippen molar-refractivity contribution in [2.45, 2.75) is 13.5 Å². The number of rotatable bonds is 3. The van der Waals surface area contributed by atoms with E-state index in [4.69, 9.17) is 0 Å². The molecule has 7 heteroatoms. The molecule has 0 aliphatic heterocycles. The normalized spacial score (nSPS) is 10.4. The first-order valence-corrected chi connectivity index (χ1v) is 4.90. The highest BCUT2D eigenvalue weighted by atomic mass is 32.1. The summed E-state index contributed by atoms with van der Waals surface area (Å²) in [6.45, 7) is 2.48. The van der Waals surface area contributed by atoms with E-state index in [2.05, 4.69) is 24.8 Å². The quantitative estimate of drug-likeness (QED) is 0.802. The van der Waals surface area contributed by atoms with Crippen LogP contribution < -0.4 is 5.32 Å². The van der Waals surface area contributed by atoms with Gasteiger partial charge in [-0.15, -0.1) is 0 Å². The van der Waals surface area contributed by atoms with Gasteiger partial charge in [0.2, 0.25) is 5.13 Å². The van der Waals surface area contributed by atoms with Crippen LogP contribution in [0.5, 0.6) is 0 Å². The zero-order chi connectivity index (χ0) is 9.97. The fourth-order valence-electron chi connectivity index (χ4n) is 1.00. The van der Waals surface area contributed by atoms with Gasteiger partial charge >= 0.3 is 0 Å². The smallest absolute Gasteiger partial charge is 0.202 e. The molecule has 0 amide bonds. The third-order valence-electron chi connectivity index (χ3n) is 1.73. The first kappa shape index (κ1) is 9.07. The van der Waals surface area contributed by atoms with E-state index in [-0.39, 0.29) is 0 Å². The van der Waals surface area contributed by atoms with Crippen LogP contribution in [0.2, 0.25) is 0 Å². The lowest BCUT2D eigenvalue weighted by molar-refractivity contribution is 0.712. The Kier molecular flexibility index (Phi) is 2.40. The molecule has 0 saturated carbocycles. The summed E-state index contributed by atoms with van der Waals surface area (Å²) in [5.41, 5.74) is 0. The summed E-state index contributed by atoms with van der Waals surface area (Å²) in [4.78, 5) is 8.26. The Balaban J connectivity index is 1.98. The molecule has 0 saturated heterocycles. The second kappa shape index (κ2) is 3.70. The molecule has 2 heterocycles. The molecule has 14 heavy (non-hydrogen) atoms. The number of anilines is 1. The number of nitrogens with one attached hydrogen (secondary N) is 1. The van der Waals surface area contributed by atoms with E-state index in [1.165, 1.54) is 17.9 Å². The van der Waals surface area contributed by atoms with Crippen LogP contribution >= 0.6 is 11.5 Å². The molecule has 2 rings (SSSR count). The fourth-order valence-corrected chi connectivity index (χ4v) is 1.57. The molecule has 0 aliphatic rings. The van der Waals surface area contributed by atoms with Gasteiger partial charge in [-0.3, -0.25) is 4.68 Å². The summed E-state index contributed by atoms with van der Waals surface area (Å²) in [6.07, 6.45) is 1.53. The Morgan fingerprint density at radius 2 is 2.43 bits per heavy atom. The molecule has 0 unspecified atom stereocenters. The topological polar surface area (TPSA) is 68.5 Å². The lowest BCUT2D eigenvalue weighted by Gasteiger charge is -2.00. The minimum absolute atomic E-state index is 0.616. The molecule has 0 radical (unpaired) electrons. The third-order valence-corrected chi connectivity index (χ3v) is 2.49. The molecule has 0 atom stereocenters. The van der Waals surface area contributed by atoms with Gasteiger partial charge in [-0.2, -0.15) is 9.47 Å². The number of aryl methyl sites for hydroxylation is 2. The predicted molar refractivity (Wildman–Crippen MR) is 53.0 cm³/mol. The Labute approximate surface area is 85.2 Å². The van der Waals surface area contributed by atoms with Crippen molar-refractivity contribution in [2.24, 2.45) is 7.05 Å². The van der Waals surface area contributed by atoms with E-state index in [1.807, 2.05) is 14.0 Å². The molecular weight excluding hydrogens is 200 g/mol. The van der Waals surface area contributed by atoms with Crippen molar-refractivity contribution in [3.63, 3.8) is 0 Å². The Morgan fingerprint density at radius 3 is 3.00 bits per heavy atom. The standard InChI is InChI=1S/C7H10N6S/c1-5-11-7(14-12-5)8-3-6-9-4-10-13(6)2/h4H,3H2,1-2H3,(H,8,11,12). The zero-order valence-electron chi connectivity index (χ0n) is 7.93. The van der Waals surface area contributed by atoms with Gasteiger partial charge in [-0.1, -0.05) is 0 Å². The lowest BCUT2D eigenvalue weighted by Crippen LogP contribution is -2.06. The maximum Gasteiger partial charge on any atom is 0.202 e. The van der Waals surface area contributed by atoms with Gasteiger partial charge in [0.25, 0.3) is 0 Å². The molecule has 6 nitrogen and oxygen atoms in total. The van der Waals surface area contributed by atoms with Gasteiger partial charge in [0.1, 0.15) is 18.0 Å². The minimum Gasteiger partial charge on any atom is -0.353 e. The average molecular weight is 210 g/mol. The van der Waals surface area contributed by atoms with E-state index in [9.17, 15) is 0 Å². The van der Waals surface area contributed by atoms with Gasteiger partial charge in [0.15, 0.2) is 0 Å². The number of aromatic nitrogens is 5. The van der Waals surface area contributed by atoms with Crippen LogP contribution in [0, 0.1) is 6.92 Å². The highest BCUT2D eigenvalue weighted by Crippen LogP contribution is 2.10. The van der Waals surface area contributed by atoms with Gasteiger partial charge in [0, 0.05) is 18.6 Å². The first-order chi connectivity index (χ1) is 6.75.